The number of sulfonamides is 1. The third kappa shape index (κ3) is 4.96. The first-order chi connectivity index (χ1) is 18.2. The molecule has 0 saturated heterocycles. The molecular formula is C26H26FN7O3S. The Balaban J connectivity index is 1.19. The van der Waals surface area contributed by atoms with Gasteiger partial charge in [-0.25, -0.2) is 32.9 Å². The summed E-state index contributed by atoms with van der Waals surface area (Å²) in [5.41, 5.74) is 3.26. The van der Waals surface area contributed by atoms with E-state index >= 15 is 0 Å². The van der Waals surface area contributed by atoms with E-state index in [-0.39, 0.29) is 46.3 Å². The van der Waals surface area contributed by atoms with Gasteiger partial charge in [0, 0.05) is 41.8 Å². The van der Waals surface area contributed by atoms with Gasteiger partial charge in [0.05, 0.1) is 17.9 Å². The molecule has 2 fully saturated rings. The molecule has 38 heavy (non-hydrogen) atoms. The second kappa shape index (κ2) is 9.14. The van der Waals surface area contributed by atoms with Crippen molar-refractivity contribution in [1.82, 2.24) is 19.4 Å². The first-order valence-electron chi connectivity index (χ1n) is 12.3. The number of aromatic nitrogens is 4. The third-order valence-electron chi connectivity index (χ3n) is 6.92. The predicted molar refractivity (Wildman–Crippen MR) is 139 cm³/mol. The van der Waals surface area contributed by atoms with Crippen molar-refractivity contribution in [3.8, 4) is 0 Å². The largest absolute Gasteiger partial charge is 0.379 e. The van der Waals surface area contributed by atoms with Crippen LogP contribution >= 0.6 is 0 Å². The third-order valence-corrected chi connectivity index (χ3v) is 7.89. The van der Waals surface area contributed by atoms with Crippen molar-refractivity contribution in [1.29, 1.82) is 0 Å². The Labute approximate surface area is 218 Å². The first-order valence-corrected chi connectivity index (χ1v) is 13.9. The van der Waals surface area contributed by atoms with E-state index < -0.39 is 10.0 Å². The summed E-state index contributed by atoms with van der Waals surface area (Å²) in [6.07, 6.45) is 8.05. The highest BCUT2D eigenvalue weighted by Crippen LogP contribution is 2.46. The number of carbonyl (C=O) groups excluding carboxylic acids is 1. The van der Waals surface area contributed by atoms with Crippen LogP contribution in [0, 0.1) is 18.7 Å². The van der Waals surface area contributed by atoms with Crippen molar-refractivity contribution in [2.45, 2.75) is 49.5 Å². The molecule has 3 heterocycles. The normalized spacial score (nSPS) is 18.9. The van der Waals surface area contributed by atoms with Crippen LogP contribution in [0.2, 0.25) is 0 Å². The van der Waals surface area contributed by atoms with Crippen molar-refractivity contribution in [3.63, 3.8) is 0 Å². The number of hydrogen-bond donors (Lipinski definition) is 3. The summed E-state index contributed by atoms with van der Waals surface area (Å²) in [5, 5.41) is 11.3. The summed E-state index contributed by atoms with van der Waals surface area (Å²) in [6.45, 7) is 2.12. The number of pyridine rings is 1. The smallest absolute Gasteiger partial charge is 0.240 e. The van der Waals surface area contributed by atoms with Crippen LogP contribution in [0.15, 0.2) is 53.8 Å². The summed E-state index contributed by atoms with van der Waals surface area (Å²) in [5.74, 6) is -0.165. The second-order valence-electron chi connectivity index (χ2n) is 9.96. The summed E-state index contributed by atoms with van der Waals surface area (Å²) in [4.78, 5) is 25.8. The Morgan fingerprint density at radius 3 is 2.74 bits per heavy atom. The SMILES string of the molecule is Cc1ccnc(C2CC2C(=O)Nc2cc(NCc3cn4cc(C5CC5)cc(F)c4n3)ccc2S(N)(=O)=O)n1. The first kappa shape index (κ1) is 24.4. The number of nitrogens with zero attached hydrogens (tertiary/aromatic N) is 4. The van der Waals surface area contributed by atoms with Crippen LogP contribution in [-0.2, 0) is 21.4 Å². The molecular weight excluding hydrogens is 509 g/mol. The molecule has 6 rings (SSSR count). The van der Waals surface area contributed by atoms with Gasteiger partial charge in [-0.3, -0.25) is 4.79 Å². The lowest BCUT2D eigenvalue weighted by molar-refractivity contribution is -0.117. The van der Waals surface area contributed by atoms with Gasteiger partial charge in [-0.05, 0) is 68.0 Å². The van der Waals surface area contributed by atoms with Gasteiger partial charge >= 0.3 is 0 Å². The minimum absolute atomic E-state index is 0.0773. The zero-order valence-corrected chi connectivity index (χ0v) is 21.4. The van der Waals surface area contributed by atoms with Gasteiger partial charge in [0.25, 0.3) is 0 Å². The van der Waals surface area contributed by atoms with Crippen molar-refractivity contribution < 1.29 is 17.6 Å². The lowest BCUT2D eigenvalue weighted by atomic mass is 10.2. The maximum Gasteiger partial charge on any atom is 0.240 e. The number of halogens is 1. The van der Waals surface area contributed by atoms with Gasteiger partial charge in [0.2, 0.25) is 15.9 Å². The number of carbonyl (C=O) groups is 1. The van der Waals surface area contributed by atoms with E-state index in [2.05, 4.69) is 25.6 Å². The number of nitrogens with two attached hydrogens (primary N) is 1. The molecule has 2 atom stereocenters. The average molecular weight is 536 g/mol. The molecule has 2 unspecified atom stereocenters. The van der Waals surface area contributed by atoms with Crippen LogP contribution in [0.4, 0.5) is 15.8 Å². The van der Waals surface area contributed by atoms with Crippen LogP contribution in [0.5, 0.6) is 0 Å². The van der Waals surface area contributed by atoms with Crippen LogP contribution in [0.1, 0.15) is 53.9 Å². The van der Waals surface area contributed by atoms with Gasteiger partial charge in [-0.2, -0.15) is 0 Å². The Kier molecular flexibility index (Phi) is 5.88. The minimum Gasteiger partial charge on any atom is -0.379 e. The fraction of sp³-hybridized carbons (Fsp3) is 0.308. The van der Waals surface area contributed by atoms with Crippen molar-refractivity contribution in [2.75, 3.05) is 10.6 Å². The molecule has 2 aliphatic carbocycles. The quantitative estimate of drug-likeness (QED) is 0.313. The number of primary sulfonamides is 1. The number of anilines is 2. The standard InChI is InChI=1S/C26H26FN7O3S/c1-14-6-7-29-24(31-14)19-10-20(19)26(35)33-22-9-17(4-5-23(22)38(28,36)37)30-11-18-13-34-12-16(15-2-3-15)8-21(27)25(34)32-18/h4-9,12-13,15,19-20,30H,2-3,10-11H2,1H3,(H,33,35)(H2,28,36,37). The highest BCUT2D eigenvalue weighted by molar-refractivity contribution is 7.89. The van der Waals surface area contributed by atoms with Crippen LogP contribution in [-0.4, -0.2) is 33.7 Å². The zero-order valence-electron chi connectivity index (χ0n) is 20.6. The topological polar surface area (TPSA) is 144 Å². The van der Waals surface area contributed by atoms with Gasteiger partial charge in [-0.15, -0.1) is 0 Å². The van der Waals surface area contributed by atoms with Crippen LogP contribution in [0.3, 0.4) is 0 Å². The Morgan fingerprint density at radius 2 is 2.00 bits per heavy atom. The molecule has 12 heteroatoms. The number of benzene rings is 1. The molecule has 10 nitrogen and oxygen atoms in total. The molecule has 4 aromatic rings. The van der Waals surface area contributed by atoms with E-state index in [1.54, 1.807) is 35.0 Å². The molecule has 0 radical (unpaired) electrons. The van der Waals surface area contributed by atoms with Gasteiger partial charge in [0.1, 0.15) is 10.7 Å². The van der Waals surface area contributed by atoms with Crippen LogP contribution in [0.25, 0.3) is 5.65 Å². The number of aryl methyl sites for hydroxylation is 1. The highest BCUT2D eigenvalue weighted by atomic mass is 32.2. The van der Waals surface area contributed by atoms with Crippen LogP contribution < -0.4 is 15.8 Å². The molecule has 2 saturated carbocycles. The maximum atomic E-state index is 14.5. The molecule has 1 aromatic carbocycles. The Hall–Kier alpha value is -3.90. The molecule has 0 spiro atoms. The number of hydrogen-bond acceptors (Lipinski definition) is 7. The highest BCUT2D eigenvalue weighted by Gasteiger charge is 2.46. The molecule has 0 aliphatic heterocycles. The van der Waals surface area contributed by atoms with E-state index in [1.807, 2.05) is 13.1 Å². The minimum atomic E-state index is -4.09. The molecule has 1 amide bonds. The van der Waals surface area contributed by atoms with Crippen molar-refractivity contribution in [2.24, 2.45) is 11.1 Å². The van der Waals surface area contributed by atoms with Crippen molar-refractivity contribution in [3.05, 3.63) is 77.5 Å². The molecule has 4 N–H and O–H groups in total. The molecule has 196 valence electrons. The Morgan fingerprint density at radius 1 is 1.18 bits per heavy atom. The van der Waals surface area contributed by atoms with E-state index in [1.165, 1.54) is 12.1 Å². The summed E-state index contributed by atoms with van der Waals surface area (Å²) in [7, 11) is -4.09. The summed E-state index contributed by atoms with van der Waals surface area (Å²) in [6, 6.07) is 7.74. The van der Waals surface area contributed by atoms with E-state index in [0.29, 0.717) is 29.5 Å². The second-order valence-corrected chi connectivity index (χ2v) is 11.5. The van der Waals surface area contributed by atoms with E-state index in [9.17, 15) is 17.6 Å². The molecule has 3 aromatic heterocycles. The maximum absolute atomic E-state index is 14.5. The number of imidazole rings is 1. The van der Waals surface area contributed by atoms with E-state index in [0.717, 1.165) is 24.1 Å². The number of amides is 1. The molecule has 0 bridgehead atoms. The predicted octanol–water partition coefficient (Wildman–Crippen LogP) is 3.45. The van der Waals surface area contributed by atoms with Gasteiger partial charge in [0.15, 0.2) is 11.5 Å². The summed E-state index contributed by atoms with van der Waals surface area (Å²) >= 11 is 0. The lowest BCUT2D eigenvalue weighted by Gasteiger charge is -2.13. The van der Waals surface area contributed by atoms with E-state index in [4.69, 9.17) is 5.14 Å². The summed E-state index contributed by atoms with van der Waals surface area (Å²) < 4.78 is 40.6. The van der Waals surface area contributed by atoms with Crippen molar-refractivity contribution >= 4 is 33.0 Å². The number of rotatable bonds is 8. The molecule has 2 aliphatic rings. The Bertz CT molecular complexity index is 1680. The number of fused-ring (bicyclic) bond motifs is 1. The zero-order chi connectivity index (χ0) is 26.6. The lowest BCUT2D eigenvalue weighted by Crippen LogP contribution is -2.20. The average Bonchev–Trinajstić information content (AvgIpc) is 3.78. The number of nitrogens with one attached hydrogen (secondary N) is 2. The van der Waals surface area contributed by atoms with Gasteiger partial charge in [-0.1, -0.05) is 0 Å². The fourth-order valence-corrected chi connectivity index (χ4v) is 5.35. The monoisotopic (exact) mass is 535 g/mol. The van der Waals surface area contributed by atoms with Gasteiger partial charge < -0.3 is 15.0 Å². The fourth-order valence-electron chi connectivity index (χ4n) is 4.67.